The van der Waals surface area contributed by atoms with Gasteiger partial charge in [0.05, 0.1) is 0 Å². The van der Waals surface area contributed by atoms with E-state index in [1.54, 1.807) is 0 Å². The Morgan fingerprint density at radius 2 is 2.62 bits per heavy atom. The zero-order valence-corrected chi connectivity index (χ0v) is 6.17. The highest BCUT2D eigenvalue weighted by Gasteiger charge is 2.20. The lowest BCUT2D eigenvalue weighted by Crippen LogP contribution is -1.96. The van der Waals surface area contributed by atoms with Gasteiger partial charge in [-0.05, 0) is 6.42 Å². The van der Waals surface area contributed by atoms with Gasteiger partial charge in [-0.1, -0.05) is 11.8 Å². The zero-order chi connectivity index (χ0) is 5.98. The zero-order valence-electron chi connectivity index (χ0n) is 4.46. The summed E-state index contributed by atoms with van der Waals surface area (Å²) in [6.07, 6.45) is 1.79. The van der Waals surface area contributed by atoms with E-state index in [9.17, 15) is 4.79 Å². The molecule has 0 aromatic carbocycles. The number of hydrogen-bond donors (Lipinski definition) is 1. The molecule has 1 atom stereocenters. The lowest BCUT2D eigenvalue weighted by atomic mass is 10.3. The molecule has 0 aromatic heterocycles. The van der Waals surface area contributed by atoms with Crippen LogP contribution in [0.3, 0.4) is 0 Å². The van der Waals surface area contributed by atoms with Crippen molar-refractivity contribution in [3.8, 4) is 0 Å². The van der Waals surface area contributed by atoms with E-state index in [-0.39, 0.29) is 0 Å². The topological polar surface area (TPSA) is 17.1 Å². The molecule has 1 saturated heterocycles. The van der Waals surface area contributed by atoms with Crippen LogP contribution in [0.1, 0.15) is 12.8 Å². The summed E-state index contributed by atoms with van der Waals surface area (Å²) in [5.74, 6) is 0.844. The van der Waals surface area contributed by atoms with Gasteiger partial charge < -0.3 is 0 Å². The summed E-state index contributed by atoms with van der Waals surface area (Å²) >= 11 is 5.53. The minimum absolute atomic E-state index is 0.337. The second kappa shape index (κ2) is 2.78. The van der Waals surface area contributed by atoms with Gasteiger partial charge in [-0.3, -0.25) is 4.79 Å². The van der Waals surface area contributed by atoms with Gasteiger partial charge in [0.15, 0.2) is 5.12 Å². The number of thioether (sulfide) groups is 1. The van der Waals surface area contributed by atoms with Crippen molar-refractivity contribution in [1.29, 1.82) is 0 Å². The van der Waals surface area contributed by atoms with Crippen molar-refractivity contribution in [3.63, 3.8) is 0 Å². The highest BCUT2D eigenvalue weighted by Crippen LogP contribution is 2.28. The lowest BCUT2D eigenvalue weighted by molar-refractivity contribution is -0.110. The van der Waals surface area contributed by atoms with Crippen LogP contribution < -0.4 is 0 Å². The number of carbonyl (C=O) groups is 1. The molecular formula is C5H8OS2. The van der Waals surface area contributed by atoms with Gasteiger partial charge in [-0.2, -0.15) is 12.6 Å². The van der Waals surface area contributed by atoms with Gasteiger partial charge in [-0.15, -0.1) is 0 Å². The maximum absolute atomic E-state index is 10.5. The van der Waals surface area contributed by atoms with Crippen molar-refractivity contribution < 1.29 is 4.79 Å². The second-order valence-electron chi connectivity index (χ2n) is 1.83. The lowest BCUT2D eigenvalue weighted by Gasteiger charge is -1.97. The van der Waals surface area contributed by atoms with Crippen molar-refractivity contribution in [2.24, 2.45) is 0 Å². The SMILES string of the molecule is O=C1CCC(CS)S1. The molecule has 0 N–H and O–H groups in total. The fraction of sp³-hybridized carbons (Fsp3) is 0.800. The van der Waals surface area contributed by atoms with Crippen LogP contribution in [0.4, 0.5) is 0 Å². The Balaban J connectivity index is 2.32. The van der Waals surface area contributed by atoms with E-state index >= 15 is 0 Å². The molecule has 0 spiro atoms. The smallest absolute Gasteiger partial charge is 0.189 e. The summed E-state index contributed by atoms with van der Waals surface area (Å²) in [4.78, 5) is 10.5. The molecule has 1 unspecified atom stereocenters. The van der Waals surface area contributed by atoms with Crippen molar-refractivity contribution in [2.75, 3.05) is 5.75 Å². The first-order valence-electron chi connectivity index (χ1n) is 2.63. The van der Waals surface area contributed by atoms with E-state index in [4.69, 9.17) is 0 Å². The van der Waals surface area contributed by atoms with Crippen LogP contribution >= 0.6 is 24.4 Å². The molecule has 0 bridgehead atoms. The highest BCUT2D eigenvalue weighted by molar-refractivity contribution is 8.14. The van der Waals surface area contributed by atoms with E-state index in [1.165, 1.54) is 11.8 Å². The normalized spacial score (nSPS) is 29.1. The molecule has 1 aliphatic rings. The predicted octanol–water partition coefficient (Wildman–Crippen LogP) is 1.34. The van der Waals surface area contributed by atoms with Gasteiger partial charge in [0.1, 0.15) is 0 Å². The Hall–Kier alpha value is 0.370. The van der Waals surface area contributed by atoms with Gasteiger partial charge in [-0.25, -0.2) is 0 Å². The number of thiol groups is 1. The number of hydrogen-bond acceptors (Lipinski definition) is 3. The quantitative estimate of drug-likeness (QED) is 0.565. The Labute approximate surface area is 58.6 Å². The third-order valence-corrected chi connectivity index (χ3v) is 3.06. The molecule has 1 aliphatic heterocycles. The van der Waals surface area contributed by atoms with Crippen molar-refractivity contribution in [3.05, 3.63) is 0 Å². The Morgan fingerprint density at radius 3 is 2.88 bits per heavy atom. The molecule has 0 aromatic rings. The maximum Gasteiger partial charge on any atom is 0.189 e. The molecule has 1 rings (SSSR count). The fourth-order valence-corrected chi connectivity index (χ4v) is 2.04. The van der Waals surface area contributed by atoms with Gasteiger partial charge in [0.2, 0.25) is 0 Å². The summed E-state index contributed by atoms with van der Waals surface area (Å²) in [7, 11) is 0. The third kappa shape index (κ3) is 1.42. The van der Waals surface area contributed by atoms with Crippen LogP contribution in [0.2, 0.25) is 0 Å². The largest absolute Gasteiger partial charge is 0.287 e. The Morgan fingerprint density at radius 1 is 1.88 bits per heavy atom. The van der Waals surface area contributed by atoms with E-state index < -0.39 is 0 Å². The third-order valence-electron chi connectivity index (χ3n) is 1.17. The fourth-order valence-electron chi connectivity index (χ4n) is 0.711. The van der Waals surface area contributed by atoms with Crippen LogP contribution in [0, 0.1) is 0 Å². The van der Waals surface area contributed by atoms with Crippen LogP contribution in [-0.4, -0.2) is 16.1 Å². The molecule has 1 heterocycles. The molecule has 0 radical (unpaired) electrons. The second-order valence-corrected chi connectivity index (χ2v) is 3.56. The van der Waals surface area contributed by atoms with Crippen molar-refractivity contribution in [2.45, 2.75) is 18.1 Å². The first-order chi connectivity index (χ1) is 3.83. The first kappa shape index (κ1) is 6.49. The average Bonchev–Trinajstić information content (AvgIpc) is 2.14. The highest BCUT2D eigenvalue weighted by atomic mass is 32.2. The molecule has 1 nitrogen and oxygen atoms in total. The summed E-state index contributed by atoms with van der Waals surface area (Å²) < 4.78 is 0. The summed E-state index contributed by atoms with van der Waals surface area (Å²) in [5.41, 5.74) is 0. The van der Waals surface area contributed by atoms with Crippen LogP contribution in [0.15, 0.2) is 0 Å². The van der Waals surface area contributed by atoms with Gasteiger partial charge in [0, 0.05) is 17.4 Å². The minimum atomic E-state index is 0.337. The minimum Gasteiger partial charge on any atom is -0.287 e. The predicted molar refractivity (Wildman–Crippen MR) is 39.5 cm³/mol. The van der Waals surface area contributed by atoms with E-state index in [0.29, 0.717) is 10.4 Å². The Kier molecular flexibility index (Phi) is 2.26. The molecule has 1 fully saturated rings. The monoisotopic (exact) mass is 148 g/mol. The van der Waals surface area contributed by atoms with Gasteiger partial charge in [0.25, 0.3) is 0 Å². The van der Waals surface area contributed by atoms with Gasteiger partial charge >= 0.3 is 0 Å². The first-order valence-corrected chi connectivity index (χ1v) is 4.14. The van der Waals surface area contributed by atoms with Crippen molar-refractivity contribution in [1.82, 2.24) is 0 Å². The van der Waals surface area contributed by atoms with E-state index in [0.717, 1.165) is 18.6 Å². The molecular weight excluding hydrogens is 140 g/mol. The summed E-state index contributed by atoms with van der Waals surface area (Å²) in [6.45, 7) is 0. The molecule has 46 valence electrons. The maximum atomic E-state index is 10.5. The van der Waals surface area contributed by atoms with Crippen LogP contribution in [-0.2, 0) is 4.79 Å². The molecule has 0 aliphatic carbocycles. The summed E-state index contributed by atoms with van der Waals surface area (Å²) in [6, 6.07) is 0. The molecule has 0 amide bonds. The Bertz CT molecular complexity index is 103. The molecule has 8 heavy (non-hydrogen) atoms. The standard InChI is InChI=1S/C5H8OS2/c6-5-2-1-4(3-7)8-5/h4,7H,1-3H2. The molecule has 0 saturated carbocycles. The molecule has 3 heteroatoms. The summed E-state index contributed by atoms with van der Waals surface area (Å²) in [5, 5.41) is 0.842. The average molecular weight is 148 g/mol. The number of carbonyl (C=O) groups excluding carboxylic acids is 1. The van der Waals surface area contributed by atoms with Crippen LogP contribution in [0.25, 0.3) is 0 Å². The van der Waals surface area contributed by atoms with E-state index in [1.807, 2.05) is 0 Å². The van der Waals surface area contributed by atoms with Crippen molar-refractivity contribution >= 4 is 29.5 Å². The van der Waals surface area contributed by atoms with Crippen LogP contribution in [0.5, 0.6) is 0 Å². The van der Waals surface area contributed by atoms with E-state index in [2.05, 4.69) is 12.6 Å². The number of rotatable bonds is 1.